The number of rotatable bonds is 6. The average Bonchev–Trinajstić information content (AvgIpc) is 2.46. The van der Waals surface area contributed by atoms with Gasteiger partial charge in [-0.25, -0.2) is 4.98 Å². The summed E-state index contributed by atoms with van der Waals surface area (Å²) in [5, 5.41) is 0. The Morgan fingerprint density at radius 2 is 1.47 bits per heavy atom. The highest BCUT2D eigenvalue weighted by molar-refractivity contribution is 9.10. The highest BCUT2D eigenvalue weighted by Crippen LogP contribution is 2.17. The maximum absolute atomic E-state index is 5.54. The van der Waals surface area contributed by atoms with Gasteiger partial charge in [-0.3, -0.25) is 0 Å². The van der Waals surface area contributed by atoms with Crippen LogP contribution in [0.25, 0.3) is 0 Å². The van der Waals surface area contributed by atoms with E-state index in [-0.39, 0.29) is 0 Å². The van der Waals surface area contributed by atoms with Crippen LogP contribution in [0.1, 0.15) is 0 Å². The van der Waals surface area contributed by atoms with Gasteiger partial charge in [0.15, 0.2) is 0 Å². The Morgan fingerprint density at radius 1 is 0.895 bits per heavy atom. The number of benzene rings is 1. The van der Waals surface area contributed by atoms with Gasteiger partial charge < -0.3 is 14.2 Å². The predicted octanol–water partition coefficient (Wildman–Crippen LogP) is 3.31. The summed E-state index contributed by atoms with van der Waals surface area (Å²) in [6.45, 7) is 0.942. The first-order valence-corrected chi connectivity index (χ1v) is 6.58. The molecule has 2 aromatic rings. The fraction of sp³-hybridized carbons (Fsp3) is 0.214. The summed E-state index contributed by atoms with van der Waals surface area (Å²) >= 11 is 3.27. The van der Waals surface area contributed by atoms with Crippen molar-refractivity contribution in [2.75, 3.05) is 20.3 Å². The number of methoxy groups -OCH3 is 1. The first kappa shape index (κ1) is 13.7. The van der Waals surface area contributed by atoms with Crippen molar-refractivity contribution in [3.63, 3.8) is 0 Å². The van der Waals surface area contributed by atoms with E-state index in [1.807, 2.05) is 36.4 Å². The van der Waals surface area contributed by atoms with Gasteiger partial charge in [-0.2, -0.15) is 0 Å². The highest BCUT2D eigenvalue weighted by atomic mass is 79.9. The van der Waals surface area contributed by atoms with Crippen LogP contribution in [0.3, 0.4) is 0 Å². The third-order valence-electron chi connectivity index (χ3n) is 2.38. The van der Waals surface area contributed by atoms with Crippen LogP contribution in [-0.4, -0.2) is 25.3 Å². The van der Waals surface area contributed by atoms with E-state index in [1.165, 1.54) is 0 Å². The lowest BCUT2D eigenvalue weighted by Crippen LogP contribution is -2.09. The summed E-state index contributed by atoms with van der Waals surface area (Å²) in [7, 11) is 1.63. The van der Waals surface area contributed by atoms with Gasteiger partial charge in [-0.05, 0) is 52.3 Å². The smallest absolute Gasteiger partial charge is 0.137 e. The predicted molar refractivity (Wildman–Crippen MR) is 75.9 cm³/mol. The molecule has 1 aromatic heterocycles. The zero-order valence-corrected chi connectivity index (χ0v) is 12.1. The Morgan fingerprint density at radius 3 is 2.05 bits per heavy atom. The lowest BCUT2D eigenvalue weighted by molar-refractivity contribution is 0.216. The van der Waals surface area contributed by atoms with Crippen LogP contribution in [0.15, 0.2) is 47.2 Å². The largest absolute Gasteiger partial charge is 0.497 e. The van der Waals surface area contributed by atoms with E-state index in [0.29, 0.717) is 13.2 Å². The molecule has 100 valence electrons. The van der Waals surface area contributed by atoms with E-state index in [0.717, 1.165) is 21.9 Å². The molecule has 0 spiro atoms. The van der Waals surface area contributed by atoms with Crippen LogP contribution in [0.4, 0.5) is 0 Å². The lowest BCUT2D eigenvalue weighted by atomic mass is 10.3. The fourth-order valence-electron chi connectivity index (χ4n) is 1.44. The molecule has 0 N–H and O–H groups in total. The molecule has 0 radical (unpaired) electrons. The Kier molecular flexibility index (Phi) is 5.03. The molecule has 2 rings (SSSR count). The van der Waals surface area contributed by atoms with Crippen LogP contribution in [0.2, 0.25) is 0 Å². The molecule has 0 saturated carbocycles. The molecule has 0 saturated heterocycles. The standard InChI is InChI=1S/C14H14BrNO3/c1-17-11-2-4-12(5-3-11)18-8-9-19-13-6-7-14(15)16-10-13/h2-7,10H,8-9H2,1H3. The van der Waals surface area contributed by atoms with E-state index in [2.05, 4.69) is 20.9 Å². The van der Waals surface area contributed by atoms with Crippen molar-refractivity contribution in [2.24, 2.45) is 0 Å². The monoisotopic (exact) mass is 323 g/mol. The number of ether oxygens (including phenoxy) is 3. The molecule has 4 nitrogen and oxygen atoms in total. The molecule has 0 bridgehead atoms. The number of pyridine rings is 1. The van der Waals surface area contributed by atoms with Crippen LogP contribution < -0.4 is 14.2 Å². The summed E-state index contributed by atoms with van der Waals surface area (Å²) in [5.74, 6) is 2.32. The lowest BCUT2D eigenvalue weighted by Gasteiger charge is -2.08. The van der Waals surface area contributed by atoms with Gasteiger partial charge >= 0.3 is 0 Å². The average molecular weight is 324 g/mol. The van der Waals surface area contributed by atoms with Gasteiger partial charge in [0.25, 0.3) is 0 Å². The second-order valence-corrected chi connectivity index (χ2v) is 4.50. The molecule has 0 aliphatic heterocycles. The van der Waals surface area contributed by atoms with E-state index < -0.39 is 0 Å². The minimum Gasteiger partial charge on any atom is -0.497 e. The Hall–Kier alpha value is -1.75. The van der Waals surface area contributed by atoms with Crippen molar-refractivity contribution in [2.45, 2.75) is 0 Å². The molecule has 0 unspecified atom stereocenters. The molecule has 0 aliphatic rings. The summed E-state index contributed by atoms with van der Waals surface area (Å²) < 4.78 is 16.9. The van der Waals surface area contributed by atoms with Crippen molar-refractivity contribution < 1.29 is 14.2 Å². The van der Waals surface area contributed by atoms with Crippen LogP contribution >= 0.6 is 15.9 Å². The van der Waals surface area contributed by atoms with Crippen molar-refractivity contribution in [3.05, 3.63) is 47.2 Å². The number of hydrogen-bond acceptors (Lipinski definition) is 4. The normalized spacial score (nSPS) is 10.0. The fourth-order valence-corrected chi connectivity index (χ4v) is 1.67. The number of aromatic nitrogens is 1. The zero-order valence-electron chi connectivity index (χ0n) is 10.5. The summed E-state index contributed by atoms with van der Waals surface area (Å²) in [4.78, 5) is 4.07. The van der Waals surface area contributed by atoms with Gasteiger partial charge in [0.05, 0.1) is 13.3 Å². The van der Waals surface area contributed by atoms with E-state index >= 15 is 0 Å². The van der Waals surface area contributed by atoms with Crippen molar-refractivity contribution >= 4 is 15.9 Å². The maximum Gasteiger partial charge on any atom is 0.137 e. The van der Waals surface area contributed by atoms with Gasteiger partial charge in [0, 0.05) is 0 Å². The Labute approximate surface area is 120 Å². The van der Waals surface area contributed by atoms with E-state index in [1.54, 1.807) is 13.3 Å². The SMILES string of the molecule is COc1ccc(OCCOc2ccc(Br)nc2)cc1. The molecule has 1 aromatic carbocycles. The van der Waals surface area contributed by atoms with Crippen molar-refractivity contribution in [1.29, 1.82) is 0 Å². The summed E-state index contributed by atoms with van der Waals surface area (Å²) in [5.41, 5.74) is 0. The second kappa shape index (κ2) is 6.99. The molecule has 1 heterocycles. The minimum atomic E-state index is 0.468. The van der Waals surface area contributed by atoms with Crippen LogP contribution in [0.5, 0.6) is 17.2 Å². The molecule has 0 aliphatic carbocycles. The zero-order chi connectivity index (χ0) is 13.5. The van der Waals surface area contributed by atoms with E-state index in [9.17, 15) is 0 Å². The van der Waals surface area contributed by atoms with Gasteiger partial charge in [0.1, 0.15) is 35.1 Å². The van der Waals surface area contributed by atoms with Crippen LogP contribution in [-0.2, 0) is 0 Å². The van der Waals surface area contributed by atoms with Gasteiger partial charge in [-0.1, -0.05) is 0 Å². The van der Waals surface area contributed by atoms with Gasteiger partial charge in [0.2, 0.25) is 0 Å². The minimum absolute atomic E-state index is 0.468. The molecule has 5 heteroatoms. The third-order valence-corrected chi connectivity index (χ3v) is 2.85. The summed E-state index contributed by atoms with van der Waals surface area (Å²) in [6, 6.07) is 11.1. The number of nitrogens with zero attached hydrogens (tertiary/aromatic N) is 1. The molecular weight excluding hydrogens is 310 g/mol. The number of halogens is 1. The molecule has 0 atom stereocenters. The Bertz CT molecular complexity index is 499. The topological polar surface area (TPSA) is 40.6 Å². The van der Waals surface area contributed by atoms with E-state index in [4.69, 9.17) is 14.2 Å². The molecule has 0 fully saturated rings. The third kappa shape index (κ3) is 4.44. The number of hydrogen-bond donors (Lipinski definition) is 0. The molecular formula is C14H14BrNO3. The highest BCUT2D eigenvalue weighted by Gasteiger charge is 1.97. The first-order valence-electron chi connectivity index (χ1n) is 5.79. The Balaban J connectivity index is 1.72. The van der Waals surface area contributed by atoms with Crippen molar-refractivity contribution in [3.8, 4) is 17.2 Å². The van der Waals surface area contributed by atoms with Gasteiger partial charge in [-0.15, -0.1) is 0 Å². The molecule has 0 amide bonds. The maximum atomic E-state index is 5.54. The summed E-state index contributed by atoms with van der Waals surface area (Å²) in [6.07, 6.45) is 1.66. The first-order chi connectivity index (χ1) is 9.28. The second-order valence-electron chi connectivity index (χ2n) is 3.69. The quantitative estimate of drug-likeness (QED) is 0.604. The van der Waals surface area contributed by atoms with Crippen LogP contribution in [0, 0.1) is 0 Å². The van der Waals surface area contributed by atoms with Crippen molar-refractivity contribution in [1.82, 2.24) is 4.98 Å². The molecule has 19 heavy (non-hydrogen) atoms.